The second kappa shape index (κ2) is 9.99. The van der Waals surface area contributed by atoms with E-state index in [1.165, 1.54) is 0 Å². The minimum atomic E-state index is -0.619. The molecule has 7 heteroatoms. The predicted octanol–water partition coefficient (Wildman–Crippen LogP) is 1.99. The van der Waals surface area contributed by atoms with Gasteiger partial charge in [-0.25, -0.2) is 0 Å². The zero-order chi connectivity index (χ0) is 18.4. The van der Waals surface area contributed by atoms with Gasteiger partial charge >= 0.3 is 0 Å². The molecule has 2 rings (SSSR count). The molecule has 0 spiro atoms. The highest BCUT2D eigenvalue weighted by Crippen LogP contribution is 2.27. The van der Waals surface area contributed by atoms with Crippen LogP contribution in [0, 0.1) is 5.92 Å². The van der Waals surface area contributed by atoms with Crippen molar-refractivity contribution < 1.29 is 14.3 Å². The standard InChI is InChI=1S/C19H25N3O3.ClH/c1-12(2)18(20)19(24)22-11-17(23)21-10-15-14-7-5-4-6-13(14)8-9-16(15)25-3;/h4-9,12,18H,10-11,20H2,1-3H3,(H,21,23)(H,22,24);1H/t18-;/m0./s1. The second-order valence-corrected chi connectivity index (χ2v) is 6.23. The number of fused-ring (bicyclic) bond motifs is 1. The van der Waals surface area contributed by atoms with Crippen LogP contribution in [-0.2, 0) is 16.1 Å². The van der Waals surface area contributed by atoms with E-state index >= 15 is 0 Å². The maximum Gasteiger partial charge on any atom is 0.239 e. The van der Waals surface area contributed by atoms with Gasteiger partial charge in [0.2, 0.25) is 11.8 Å². The monoisotopic (exact) mass is 379 g/mol. The number of carbonyl (C=O) groups excluding carboxylic acids is 2. The van der Waals surface area contributed by atoms with Crippen molar-refractivity contribution in [1.82, 2.24) is 10.6 Å². The van der Waals surface area contributed by atoms with Gasteiger partial charge in [0.15, 0.2) is 0 Å². The van der Waals surface area contributed by atoms with Crippen LogP contribution in [0.25, 0.3) is 10.8 Å². The Kier molecular flexibility index (Phi) is 8.35. The first kappa shape index (κ1) is 21.7. The molecular weight excluding hydrogens is 354 g/mol. The summed E-state index contributed by atoms with van der Waals surface area (Å²) < 4.78 is 5.40. The Hall–Kier alpha value is -2.31. The summed E-state index contributed by atoms with van der Waals surface area (Å²) in [6, 6.07) is 11.1. The fourth-order valence-electron chi connectivity index (χ4n) is 2.53. The third-order valence-electron chi connectivity index (χ3n) is 4.12. The number of benzene rings is 2. The molecule has 0 aliphatic carbocycles. The summed E-state index contributed by atoms with van der Waals surface area (Å²) in [4.78, 5) is 23.8. The number of rotatable bonds is 7. The molecule has 0 aliphatic rings. The van der Waals surface area contributed by atoms with Crippen LogP contribution in [0.1, 0.15) is 19.4 Å². The maximum atomic E-state index is 12.0. The van der Waals surface area contributed by atoms with Crippen LogP contribution >= 0.6 is 12.4 Å². The highest BCUT2D eigenvalue weighted by atomic mass is 35.5. The van der Waals surface area contributed by atoms with Gasteiger partial charge in [-0.1, -0.05) is 44.2 Å². The third kappa shape index (κ3) is 5.34. The molecule has 1 atom stereocenters. The van der Waals surface area contributed by atoms with E-state index in [0.29, 0.717) is 12.3 Å². The van der Waals surface area contributed by atoms with E-state index < -0.39 is 6.04 Å². The van der Waals surface area contributed by atoms with Crippen LogP contribution in [0.5, 0.6) is 5.75 Å². The Morgan fingerprint density at radius 3 is 2.46 bits per heavy atom. The van der Waals surface area contributed by atoms with Gasteiger partial charge in [-0.05, 0) is 22.8 Å². The molecule has 0 saturated heterocycles. The summed E-state index contributed by atoms with van der Waals surface area (Å²) in [5, 5.41) is 7.47. The molecule has 2 amide bonds. The van der Waals surface area contributed by atoms with Crippen molar-refractivity contribution in [3.8, 4) is 5.75 Å². The van der Waals surface area contributed by atoms with E-state index in [4.69, 9.17) is 10.5 Å². The largest absolute Gasteiger partial charge is 0.496 e. The molecule has 2 aromatic rings. The fraction of sp³-hybridized carbons (Fsp3) is 0.368. The van der Waals surface area contributed by atoms with Gasteiger partial charge in [-0.3, -0.25) is 9.59 Å². The molecule has 0 aromatic heterocycles. The van der Waals surface area contributed by atoms with Gasteiger partial charge in [0.25, 0.3) is 0 Å². The van der Waals surface area contributed by atoms with Crippen molar-refractivity contribution in [3.05, 3.63) is 42.0 Å². The second-order valence-electron chi connectivity index (χ2n) is 6.23. The quantitative estimate of drug-likeness (QED) is 0.685. The fourth-order valence-corrected chi connectivity index (χ4v) is 2.53. The Morgan fingerprint density at radius 2 is 1.81 bits per heavy atom. The smallest absolute Gasteiger partial charge is 0.239 e. The highest BCUT2D eigenvalue weighted by Gasteiger charge is 2.17. The van der Waals surface area contributed by atoms with Gasteiger partial charge < -0.3 is 21.1 Å². The lowest BCUT2D eigenvalue weighted by molar-refractivity contribution is -0.127. The molecule has 0 unspecified atom stereocenters. The Labute approximate surface area is 159 Å². The average molecular weight is 380 g/mol. The lowest BCUT2D eigenvalue weighted by Gasteiger charge is -2.16. The average Bonchev–Trinajstić information content (AvgIpc) is 2.63. The highest BCUT2D eigenvalue weighted by molar-refractivity contribution is 5.89. The summed E-state index contributed by atoms with van der Waals surface area (Å²) in [7, 11) is 1.60. The number of ether oxygens (including phenoxy) is 1. The van der Waals surface area contributed by atoms with Crippen molar-refractivity contribution in [2.24, 2.45) is 11.7 Å². The molecule has 0 fully saturated rings. The van der Waals surface area contributed by atoms with Gasteiger partial charge in [0.1, 0.15) is 5.75 Å². The van der Waals surface area contributed by atoms with Crippen molar-refractivity contribution in [1.29, 1.82) is 0 Å². The van der Waals surface area contributed by atoms with Gasteiger partial charge in [0, 0.05) is 12.1 Å². The topological polar surface area (TPSA) is 93.5 Å². The molecule has 6 nitrogen and oxygen atoms in total. The molecule has 0 radical (unpaired) electrons. The van der Waals surface area contributed by atoms with E-state index in [2.05, 4.69) is 10.6 Å². The Balaban J connectivity index is 0.00000338. The molecule has 0 aliphatic heterocycles. The van der Waals surface area contributed by atoms with Crippen molar-refractivity contribution in [3.63, 3.8) is 0 Å². The first-order valence-corrected chi connectivity index (χ1v) is 8.28. The minimum absolute atomic E-state index is 0. The van der Waals surface area contributed by atoms with E-state index in [1.807, 2.05) is 50.2 Å². The van der Waals surface area contributed by atoms with Crippen LogP contribution < -0.4 is 21.1 Å². The van der Waals surface area contributed by atoms with Gasteiger partial charge in [-0.2, -0.15) is 0 Å². The van der Waals surface area contributed by atoms with Crippen molar-refractivity contribution in [2.45, 2.75) is 26.4 Å². The number of hydrogen-bond acceptors (Lipinski definition) is 4. The van der Waals surface area contributed by atoms with E-state index in [-0.39, 0.29) is 36.7 Å². The third-order valence-corrected chi connectivity index (χ3v) is 4.12. The number of nitrogens with one attached hydrogen (secondary N) is 2. The first-order valence-electron chi connectivity index (χ1n) is 8.28. The molecule has 2 aromatic carbocycles. The first-order chi connectivity index (χ1) is 11.9. The maximum absolute atomic E-state index is 12.0. The molecule has 4 N–H and O–H groups in total. The molecule has 26 heavy (non-hydrogen) atoms. The SMILES string of the molecule is COc1ccc2ccccc2c1CNC(=O)CNC(=O)[C@@H](N)C(C)C.Cl. The molecule has 0 saturated carbocycles. The van der Waals surface area contributed by atoms with Crippen molar-refractivity contribution in [2.75, 3.05) is 13.7 Å². The molecular formula is C19H26ClN3O3. The van der Waals surface area contributed by atoms with Crippen molar-refractivity contribution >= 4 is 35.0 Å². The summed E-state index contributed by atoms with van der Waals surface area (Å²) >= 11 is 0. The lowest BCUT2D eigenvalue weighted by Crippen LogP contribution is -2.47. The summed E-state index contributed by atoms with van der Waals surface area (Å²) in [5.74, 6) is 0.125. The van der Waals surface area contributed by atoms with Gasteiger partial charge in [-0.15, -0.1) is 12.4 Å². The number of carbonyl (C=O) groups is 2. The van der Waals surface area contributed by atoms with E-state index in [9.17, 15) is 9.59 Å². The molecule has 0 bridgehead atoms. The number of methoxy groups -OCH3 is 1. The zero-order valence-electron chi connectivity index (χ0n) is 15.2. The number of nitrogens with two attached hydrogens (primary N) is 1. The van der Waals surface area contributed by atoms with E-state index in [0.717, 1.165) is 16.3 Å². The molecule has 142 valence electrons. The summed E-state index contributed by atoms with van der Waals surface area (Å²) in [5.41, 5.74) is 6.65. The van der Waals surface area contributed by atoms with Crippen LogP contribution in [0.15, 0.2) is 36.4 Å². The van der Waals surface area contributed by atoms with Crippen LogP contribution in [0.3, 0.4) is 0 Å². The lowest BCUT2D eigenvalue weighted by atomic mass is 10.0. The molecule has 0 heterocycles. The van der Waals surface area contributed by atoms with Gasteiger partial charge in [0.05, 0.1) is 19.7 Å². The Morgan fingerprint density at radius 1 is 1.12 bits per heavy atom. The Bertz CT molecular complexity index is 765. The zero-order valence-corrected chi connectivity index (χ0v) is 16.1. The van der Waals surface area contributed by atoms with Crippen LogP contribution in [0.4, 0.5) is 0 Å². The minimum Gasteiger partial charge on any atom is -0.496 e. The predicted molar refractivity (Wildman–Crippen MR) is 105 cm³/mol. The number of amides is 2. The summed E-state index contributed by atoms with van der Waals surface area (Å²) in [6.07, 6.45) is 0. The van der Waals surface area contributed by atoms with E-state index in [1.54, 1.807) is 7.11 Å². The number of hydrogen-bond donors (Lipinski definition) is 3. The number of halogens is 1. The van der Waals surface area contributed by atoms with Crippen LogP contribution in [0.2, 0.25) is 0 Å². The summed E-state index contributed by atoms with van der Waals surface area (Å²) in [6.45, 7) is 3.93. The normalized spacial score (nSPS) is 11.6. The van der Waals surface area contributed by atoms with Crippen LogP contribution in [-0.4, -0.2) is 31.5 Å².